The van der Waals surface area contributed by atoms with Gasteiger partial charge in [-0.1, -0.05) is 45.0 Å². The first-order valence-corrected chi connectivity index (χ1v) is 9.54. The zero-order valence-corrected chi connectivity index (χ0v) is 17.0. The molecule has 1 atom stereocenters. The van der Waals surface area contributed by atoms with Crippen LogP contribution >= 0.6 is 0 Å². The highest BCUT2D eigenvalue weighted by Gasteiger charge is 2.45. The molecule has 0 saturated heterocycles. The molecular formula is C24H28NO2+. The van der Waals surface area contributed by atoms with Crippen molar-refractivity contribution < 1.29 is 10.4 Å². The van der Waals surface area contributed by atoms with Crippen LogP contribution in [0.25, 0.3) is 27.6 Å². The van der Waals surface area contributed by atoms with Crippen LogP contribution < -0.4 is 5.22 Å². The van der Waals surface area contributed by atoms with Crippen LogP contribution in [0.4, 0.5) is 0 Å². The number of hydrogen-bond donors (Lipinski definition) is 2. The maximum absolute atomic E-state index is 10.1. The van der Waals surface area contributed by atoms with Crippen LogP contribution in [0.15, 0.2) is 36.4 Å². The van der Waals surface area contributed by atoms with Crippen LogP contribution in [-0.2, 0) is 5.41 Å². The Kier molecular flexibility index (Phi) is 3.87. The number of hydrogen-bond acceptors (Lipinski definition) is 3. The summed E-state index contributed by atoms with van der Waals surface area (Å²) < 4.78 is 0. The first kappa shape index (κ1) is 18.3. The summed E-state index contributed by atoms with van der Waals surface area (Å²) in [6.07, 6.45) is 2.13. The Morgan fingerprint density at radius 1 is 0.852 bits per heavy atom. The second kappa shape index (κ2) is 5.71. The molecule has 3 aromatic carbocycles. The predicted molar refractivity (Wildman–Crippen MR) is 111 cm³/mol. The van der Waals surface area contributed by atoms with Gasteiger partial charge in [0, 0.05) is 17.0 Å². The highest BCUT2D eigenvalue weighted by molar-refractivity contribution is 6.12. The Hall–Kier alpha value is -2.07. The monoisotopic (exact) mass is 362 g/mol. The van der Waals surface area contributed by atoms with E-state index in [1.54, 1.807) is 0 Å². The average molecular weight is 362 g/mol. The van der Waals surface area contributed by atoms with E-state index in [0.29, 0.717) is 5.23 Å². The lowest BCUT2D eigenvalue weighted by molar-refractivity contribution is -0.331. The van der Waals surface area contributed by atoms with Gasteiger partial charge in [0.15, 0.2) is 6.04 Å². The third-order valence-electron chi connectivity index (χ3n) is 5.77. The van der Waals surface area contributed by atoms with Gasteiger partial charge in [0.25, 0.3) is 0 Å². The average Bonchev–Trinajstić information content (AvgIpc) is 2.56. The number of rotatable bonds is 1. The van der Waals surface area contributed by atoms with Crippen molar-refractivity contribution in [1.82, 2.24) is 5.23 Å². The Morgan fingerprint density at radius 3 is 1.96 bits per heavy atom. The van der Waals surface area contributed by atoms with E-state index in [4.69, 9.17) is 0 Å². The maximum Gasteiger partial charge on any atom is 0.175 e. The molecule has 1 unspecified atom stereocenters. The zero-order valence-electron chi connectivity index (χ0n) is 17.0. The Morgan fingerprint density at radius 2 is 1.44 bits per heavy atom. The molecule has 3 aromatic rings. The van der Waals surface area contributed by atoms with Crippen molar-refractivity contribution in [3.63, 3.8) is 0 Å². The molecule has 3 heteroatoms. The van der Waals surface area contributed by atoms with Crippen molar-refractivity contribution in [3.8, 4) is 0 Å². The van der Waals surface area contributed by atoms with Gasteiger partial charge in [-0.2, -0.15) is 0 Å². The summed E-state index contributed by atoms with van der Waals surface area (Å²) in [6, 6.07) is 12.5. The predicted octanol–water partition coefficient (Wildman–Crippen LogP) is 5.55. The van der Waals surface area contributed by atoms with E-state index in [2.05, 4.69) is 84.0 Å². The molecule has 0 heterocycles. The first-order valence-electron chi connectivity index (χ1n) is 9.54. The Balaban J connectivity index is 2.11. The van der Waals surface area contributed by atoms with Crippen LogP contribution in [0.1, 0.15) is 58.7 Å². The van der Waals surface area contributed by atoms with Crippen molar-refractivity contribution in [1.29, 1.82) is 0 Å². The van der Waals surface area contributed by atoms with Crippen molar-refractivity contribution in [3.05, 3.63) is 58.7 Å². The van der Waals surface area contributed by atoms with Gasteiger partial charge >= 0.3 is 0 Å². The number of benzene rings is 3. The molecule has 2 N–H and O–H groups in total. The molecule has 4 rings (SSSR count). The third-order valence-corrected chi connectivity index (χ3v) is 5.77. The second-order valence-corrected chi connectivity index (χ2v) is 9.80. The fraction of sp³-hybridized carbons (Fsp3) is 0.375. The Bertz CT molecular complexity index is 1060. The summed E-state index contributed by atoms with van der Waals surface area (Å²) in [7, 11) is 0. The molecule has 0 fully saturated rings. The quantitative estimate of drug-likeness (QED) is 0.441. The molecule has 1 aliphatic rings. The molecule has 0 saturated carbocycles. The van der Waals surface area contributed by atoms with Crippen molar-refractivity contribution in [2.24, 2.45) is 5.41 Å². The van der Waals surface area contributed by atoms with Crippen LogP contribution in [0.5, 0.6) is 0 Å². The zero-order chi connectivity index (χ0) is 19.7. The minimum absolute atomic E-state index is 0.0766. The molecule has 140 valence electrons. The lowest BCUT2D eigenvalue weighted by Crippen LogP contribution is -2.37. The summed E-state index contributed by atoms with van der Waals surface area (Å²) in [5, 5.41) is 26.4. The minimum Gasteiger partial charge on any atom is -0.287 e. The summed E-state index contributed by atoms with van der Waals surface area (Å²) in [5.41, 5.74) is 2.15. The van der Waals surface area contributed by atoms with E-state index >= 15 is 0 Å². The van der Waals surface area contributed by atoms with Crippen molar-refractivity contribution in [2.45, 2.75) is 53.0 Å². The molecule has 3 nitrogen and oxygen atoms in total. The van der Waals surface area contributed by atoms with Crippen LogP contribution in [0.2, 0.25) is 0 Å². The van der Waals surface area contributed by atoms with E-state index in [9.17, 15) is 10.4 Å². The van der Waals surface area contributed by atoms with E-state index in [1.165, 1.54) is 21.7 Å². The fourth-order valence-electron chi connectivity index (χ4n) is 4.29. The van der Waals surface area contributed by atoms with Crippen LogP contribution in [0, 0.1) is 11.3 Å². The molecular weight excluding hydrogens is 334 g/mol. The highest BCUT2D eigenvalue weighted by Crippen LogP contribution is 2.46. The van der Waals surface area contributed by atoms with Gasteiger partial charge in [0.05, 0.1) is 16.7 Å². The lowest BCUT2D eigenvalue weighted by atomic mass is 9.70. The fourth-order valence-corrected chi connectivity index (χ4v) is 4.29. The van der Waals surface area contributed by atoms with E-state index < -0.39 is 6.04 Å². The topological polar surface area (TPSA) is 43.7 Å². The summed E-state index contributed by atoms with van der Waals surface area (Å²) >= 11 is 0. The summed E-state index contributed by atoms with van der Waals surface area (Å²) in [5.74, 6) is 0.994. The number of nitrogens with zero attached hydrogens (tertiary/aromatic N) is 1. The third kappa shape index (κ3) is 2.82. The minimum atomic E-state index is -0.560. The first-order chi connectivity index (χ1) is 12.5. The highest BCUT2D eigenvalue weighted by atomic mass is 16.8. The standard InChI is InChI=1S/C24H28NO2/c1-23(2,3)17-11-14-7-8-16-13-19(24(4,5)6)22(25(26)27)18-10-9-15(12-17)20(14)21(16)18/h7-13,22,26-27H,1-6H3/q+1. The summed E-state index contributed by atoms with van der Waals surface area (Å²) in [6.45, 7) is 13.0. The van der Waals surface area contributed by atoms with Crippen molar-refractivity contribution in [2.75, 3.05) is 0 Å². The van der Waals surface area contributed by atoms with Gasteiger partial charge in [-0.05, 0) is 53.8 Å². The molecule has 0 bridgehead atoms. The molecule has 0 spiro atoms. The largest absolute Gasteiger partial charge is 0.287 e. The molecule has 1 aliphatic carbocycles. The number of hydroxylamine groups is 2. The normalized spacial score (nSPS) is 17.8. The molecule has 0 radical (unpaired) electrons. The van der Waals surface area contributed by atoms with Gasteiger partial charge in [0.1, 0.15) is 11.3 Å². The Labute approximate surface area is 160 Å². The van der Waals surface area contributed by atoms with Gasteiger partial charge < -0.3 is 0 Å². The second-order valence-electron chi connectivity index (χ2n) is 9.80. The van der Waals surface area contributed by atoms with E-state index in [-0.39, 0.29) is 10.8 Å². The van der Waals surface area contributed by atoms with Gasteiger partial charge in [-0.3, -0.25) is 10.4 Å². The van der Waals surface area contributed by atoms with Gasteiger partial charge in [-0.15, -0.1) is 0 Å². The molecule has 0 aromatic heterocycles. The van der Waals surface area contributed by atoms with Gasteiger partial charge in [0.2, 0.25) is 0 Å². The molecule has 0 amide bonds. The van der Waals surface area contributed by atoms with Crippen LogP contribution in [-0.4, -0.2) is 15.6 Å². The maximum atomic E-state index is 10.1. The van der Waals surface area contributed by atoms with E-state index in [0.717, 1.165) is 22.1 Å². The van der Waals surface area contributed by atoms with Crippen molar-refractivity contribution >= 4 is 27.6 Å². The summed E-state index contributed by atoms with van der Waals surface area (Å²) in [4.78, 5) is 0. The smallest absolute Gasteiger partial charge is 0.175 e. The van der Waals surface area contributed by atoms with Gasteiger partial charge in [-0.25, -0.2) is 0 Å². The molecule has 27 heavy (non-hydrogen) atoms. The lowest BCUT2D eigenvalue weighted by Gasteiger charge is -2.33. The molecule has 0 aliphatic heterocycles. The SMILES string of the molecule is CC(C)(C)c1cc2ccc3c4c(ccc(c1)c24)=C[C+](C(C)(C)C)C3N(O)O. The van der Waals surface area contributed by atoms with Crippen LogP contribution in [0.3, 0.4) is 0 Å². The van der Waals surface area contributed by atoms with E-state index in [1.807, 2.05) is 0 Å².